The number of piperidine rings is 1. The molecule has 0 bridgehead atoms. The van der Waals surface area contributed by atoms with Crippen LogP contribution < -0.4 is 10.1 Å². The van der Waals surface area contributed by atoms with Gasteiger partial charge in [0.05, 0.1) is 23.9 Å². The van der Waals surface area contributed by atoms with E-state index < -0.39 is 5.54 Å². The van der Waals surface area contributed by atoms with Crippen LogP contribution in [0.15, 0.2) is 79.4 Å². The number of nitrogens with zero attached hydrogens (tertiary/aromatic N) is 7. The van der Waals surface area contributed by atoms with Crippen LogP contribution in [0.5, 0.6) is 5.75 Å². The third-order valence-corrected chi connectivity index (χ3v) is 9.22. The van der Waals surface area contributed by atoms with E-state index in [1.807, 2.05) is 35.4 Å². The number of ether oxygens (including phenoxy) is 1. The predicted molar refractivity (Wildman–Crippen MR) is 160 cm³/mol. The van der Waals surface area contributed by atoms with E-state index in [9.17, 15) is 9.59 Å². The van der Waals surface area contributed by atoms with Crippen LogP contribution >= 0.6 is 0 Å². The number of carbonyl (C=O) groups is 2. The lowest BCUT2D eigenvalue weighted by molar-refractivity contribution is -0.112. The Kier molecular flexibility index (Phi) is 8.15. The van der Waals surface area contributed by atoms with Gasteiger partial charge >= 0.3 is 0 Å². The van der Waals surface area contributed by atoms with Crippen molar-refractivity contribution < 1.29 is 14.3 Å². The second-order valence-corrected chi connectivity index (χ2v) is 11.4. The van der Waals surface area contributed by atoms with E-state index in [4.69, 9.17) is 4.74 Å². The van der Waals surface area contributed by atoms with Gasteiger partial charge in [-0.25, -0.2) is 4.68 Å². The zero-order chi connectivity index (χ0) is 29.7. The second-order valence-electron chi connectivity index (χ2n) is 11.4. The Morgan fingerprint density at radius 3 is 2.53 bits per heavy atom. The number of hydrogen-bond acceptors (Lipinski definition) is 8. The quantitative estimate of drug-likeness (QED) is 0.285. The lowest BCUT2D eigenvalue weighted by atomic mass is 9.76. The number of pyridine rings is 1. The summed E-state index contributed by atoms with van der Waals surface area (Å²) in [5.41, 5.74) is 2.92. The minimum absolute atomic E-state index is 0.0660. The molecule has 0 saturated carbocycles. The van der Waals surface area contributed by atoms with Crippen LogP contribution in [0.1, 0.15) is 47.2 Å². The predicted octanol–water partition coefficient (Wildman–Crippen LogP) is 2.98. The van der Waals surface area contributed by atoms with E-state index in [-0.39, 0.29) is 11.3 Å². The molecule has 43 heavy (non-hydrogen) atoms. The van der Waals surface area contributed by atoms with E-state index in [2.05, 4.69) is 55.0 Å². The highest BCUT2D eigenvalue weighted by atomic mass is 16.5. The molecule has 1 N–H and O–H groups in total. The maximum absolute atomic E-state index is 14.0. The number of hydrogen-bond donors (Lipinski definition) is 1. The molecular formula is C32H36N8O3. The summed E-state index contributed by atoms with van der Waals surface area (Å²) in [6.07, 6.45) is 9.35. The topological polar surface area (TPSA) is 118 Å². The fourth-order valence-electron chi connectivity index (χ4n) is 6.68. The third-order valence-electron chi connectivity index (χ3n) is 9.22. The fraction of sp³-hybridized carbons (Fsp3) is 0.375. The van der Waals surface area contributed by atoms with Gasteiger partial charge in [0, 0.05) is 44.0 Å². The molecule has 1 atom stereocenters. The monoisotopic (exact) mass is 580 g/mol. The number of rotatable bonds is 10. The highest BCUT2D eigenvalue weighted by Gasteiger charge is 2.43. The van der Waals surface area contributed by atoms with Gasteiger partial charge in [0.15, 0.2) is 0 Å². The van der Waals surface area contributed by atoms with Gasteiger partial charge < -0.3 is 19.9 Å². The molecule has 2 saturated heterocycles. The maximum Gasteiger partial charge on any atom is 0.257 e. The average Bonchev–Trinajstić information content (AvgIpc) is 3.77. The standard InChI is InChI=1S/C32H36N8O3/c1-43-29-10-9-27(40-23-35-36-37-40)20-28(29)30(42)39-19-12-31(22-39,25-6-3-2-4-7-25)11-16-38-17-13-32(14-18-38,34-24-41)26-8-5-15-33-21-26/h2-10,15,20-21,23-24H,11-14,16-19,22H2,1H3,(H,34,41). The van der Waals surface area contributed by atoms with Crippen LogP contribution in [0.25, 0.3) is 5.69 Å². The molecule has 0 spiro atoms. The summed E-state index contributed by atoms with van der Waals surface area (Å²) in [6.45, 7) is 3.90. The van der Waals surface area contributed by atoms with E-state index in [1.54, 1.807) is 25.4 Å². The summed E-state index contributed by atoms with van der Waals surface area (Å²) in [7, 11) is 1.58. The summed E-state index contributed by atoms with van der Waals surface area (Å²) in [4.78, 5) is 34.2. The molecule has 0 aliphatic carbocycles. The van der Waals surface area contributed by atoms with E-state index >= 15 is 0 Å². The first kappa shape index (κ1) is 28.5. The van der Waals surface area contributed by atoms with Gasteiger partial charge in [-0.05, 0) is 78.0 Å². The Morgan fingerprint density at radius 2 is 1.84 bits per heavy atom. The highest BCUT2D eigenvalue weighted by molar-refractivity contribution is 5.97. The van der Waals surface area contributed by atoms with Crippen molar-refractivity contribution in [2.24, 2.45) is 0 Å². The molecule has 2 aliphatic rings. The van der Waals surface area contributed by atoms with Gasteiger partial charge in [-0.1, -0.05) is 36.4 Å². The zero-order valence-corrected chi connectivity index (χ0v) is 24.3. The Balaban J connectivity index is 1.19. The molecule has 2 aliphatic heterocycles. The molecule has 2 amide bonds. The molecule has 0 radical (unpaired) electrons. The van der Waals surface area contributed by atoms with Crippen molar-refractivity contribution in [2.75, 3.05) is 39.8 Å². The molecule has 1 unspecified atom stereocenters. The van der Waals surface area contributed by atoms with Crippen LogP contribution in [0.2, 0.25) is 0 Å². The summed E-state index contributed by atoms with van der Waals surface area (Å²) >= 11 is 0. The number of nitrogens with one attached hydrogen (secondary N) is 1. The van der Waals surface area contributed by atoms with Gasteiger partial charge in [-0.3, -0.25) is 14.6 Å². The molecule has 11 heteroatoms. The van der Waals surface area contributed by atoms with Crippen LogP contribution in [0, 0.1) is 0 Å². The number of likely N-dealkylation sites (tertiary alicyclic amines) is 2. The SMILES string of the molecule is COc1ccc(-n2cnnn2)cc1C(=O)N1CCC(CCN2CCC(NC=O)(c3cccnc3)CC2)(c2ccccc2)C1. The molecule has 222 valence electrons. The van der Waals surface area contributed by atoms with Crippen molar-refractivity contribution in [1.29, 1.82) is 0 Å². The smallest absolute Gasteiger partial charge is 0.257 e. The van der Waals surface area contributed by atoms with Crippen molar-refractivity contribution in [2.45, 2.75) is 36.6 Å². The molecule has 11 nitrogen and oxygen atoms in total. The van der Waals surface area contributed by atoms with Gasteiger partial charge in [0.1, 0.15) is 12.1 Å². The molecule has 4 aromatic rings. The zero-order valence-electron chi connectivity index (χ0n) is 24.3. The van der Waals surface area contributed by atoms with Gasteiger partial charge in [0.25, 0.3) is 5.91 Å². The summed E-state index contributed by atoms with van der Waals surface area (Å²) in [6, 6.07) is 19.9. The Hall–Kier alpha value is -4.64. The summed E-state index contributed by atoms with van der Waals surface area (Å²) in [5, 5.41) is 14.5. The number of tetrazole rings is 1. The third kappa shape index (κ3) is 5.72. The van der Waals surface area contributed by atoms with Crippen molar-refractivity contribution in [3.8, 4) is 11.4 Å². The van der Waals surface area contributed by atoms with Crippen LogP contribution in [-0.4, -0.2) is 87.1 Å². The molecule has 2 fully saturated rings. The number of methoxy groups -OCH3 is 1. The first-order chi connectivity index (χ1) is 21.1. The molecule has 2 aromatic heterocycles. The first-order valence-corrected chi connectivity index (χ1v) is 14.7. The minimum Gasteiger partial charge on any atom is -0.496 e. The van der Waals surface area contributed by atoms with Crippen molar-refractivity contribution >= 4 is 12.3 Å². The Labute approximate surface area is 250 Å². The van der Waals surface area contributed by atoms with Crippen molar-refractivity contribution in [3.05, 3.63) is 96.1 Å². The van der Waals surface area contributed by atoms with Crippen LogP contribution in [-0.2, 0) is 15.7 Å². The van der Waals surface area contributed by atoms with E-state index in [0.717, 1.165) is 57.3 Å². The van der Waals surface area contributed by atoms with Gasteiger partial charge in [-0.2, -0.15) is 0 Å². The van der Waals surface area contributed by atoms with E-state index in [0.29, 0.717) is 30.1 Å². The second kappa shape index (κ2) is 12.3. The number of carbonyl (C=O) groups excluding carboxylic acids is 2. The molecule has 4 heterocycles. The van der Waals surface area contributed by atoms with Crippen LogP contribution in [0.3, 0.4) is 0 Å². The minimum atomic E-state index is -0.393. The number of aromatic nitrogens is 5. The molecule has 2 aromatic carbocycles. The Bertz CT molecular complexity index is 1520. The van der Waals surface area contributed by atoms with Crippen LogP contribution in [0.4, 0.5) is 0 Å². The maximum atomic E-state index is 14.0. The first-order valence-electron chi connectivity index (χ1n) is 14.7. The lowest BCUT2D eigenvalue weighted by Gasteiger charge is -2.42. The average molecular weight is 581 g/mol. The van der Waals surface area contributed by atoms with Crippen molar-refractivity contribution in [3.63, 3.8) is 0 Å². The summed E-state index contributed by atoms with van der Waals surface area (Å²) < 4.78 is 7.11. The molecule has 6 rings (SSSR count). The lowest BCUT2D eigenvalue weighted by Crippen LogP contribution is -2.51. The number of benzene rings is 2. The normalized spacial score (nSPS) is 20.1. The Morgan fingerprint density at radius 1 is 1.02 bits per heavy atom. The highest BCUT2D eigenvalue weighted by Crippen LogP contribution is 2.40. The fourth-order valence-corrected chi connectivity index (χ4v) is 6.68. The van der Waals surface area contributed by atoms with E-state index in [1.165, 1.54) is 16.6 Å². The summed E-state index contributed by atoms with van der Waals surface area (Å²) in [5.74, 6) is 0.456. The van der Waals surface area contributed by atoms with Crippen molar-refractivity contribution in [1.82, 2.24) is 40.3 Å². The molecular weight excluding hydrogens is 544 g/mol. The largest absolute Gasteiger partial charge is 0.496 e. The number of amides is 2. The van der Waals surface area contributed by atoms with Gasteiger partial charge in [-0.15, -0.1) is 5.10 Å². The van der Waals surface area contributed by atoms with Gasteiger partial charge in [0.2, 0.25) is 6.41 Å².